The molecular formula is C94H121N14O28S6+. The smallest absolute Gasteiger partial charge is 0.326 e. The van der Waals surface area contributed by atoms with Crippen molar-refractivity contribution >= 4 is 137 Å². The van der Waals surface area contributed by atoms with Gasteiger partial charge in [-0.3, -0.25) is 51.7 Å². The standard InChI is InChI=1S/C94H120N14O28S6/c1-92(2)72-56-70(141(129,130)131)37-39-77(72)107(48-10-12-54-138(121,122)123)79(92)41-27-62-17-14-18-63(28-42-80-93(3,4)73-57-71(142(132,133)134)38-40-78(73)108(80)49-11-13-55-139(124,125)126)86(62)64-25-23-61(24-26-64)16-6-7-21-81(111)96-45-50-135-52-53-136-51-46-97-87(116)74(20-8-9-47-106-60-67(102-105-106)19-15-22-82(112)101-90-103-104-91(137-90)140(95,127)128)98-84(114)59-76(89(119)120)100-85(115)58-75(88(117)118)99-83(113)43-44-94(5,65-29-33-68(109)34-30-65)66-31-35-69(110)36-32-66/h23-42,56-57,60,74-76H,6-22,43-55,58-59H2,1-5H3,(H15-,95,96,97,98,99,100,101,103,109,110,111,112,113,114,115,116,117,118,119,120,121,122,123,124,125,126,127,128,129,130,131,132,133,134)/p+1/t74-,75?,76?/m0/s1. The van der Waals surface area contributed by atoms with Crippen molar-refractivity contribution in [1.82, 2.24) is 51.8 Å². The fourth-order valence-electron chi connectivity index (χ4n) is 17.2. The Morgan fingerprint density at radius 3 is 1.73 bits per heavy atom. The molecular weight excluding hydrogens is 1970 g/mol. The van der Waals surface area contributed by atoms with Gasteiger partial charge in [-0.25, -0.2) is 23.1 Å². The van der Waals surface area contributed by atoms with Crippen LogP contribution in [0.25, 0.3) is 5.57 Å². The molecule has 16 N–H and O–H groups in total. The summed E-state index contributed by atoms with van der Waals surface area (Å²) in [5.41, 5.74) is 7.73. The summed E-state index contributed by atoms with van der Waals surface area (Å²) in [4.78, 5) is 107. The number of carbonyl (C=O) groups excluding carboxylic acids is 6. The number of anilines is 2. The van der Waals surface area contributed by atoms with Gasteiger partial charge in [0.1, 0.15) is 36.2 Å². The van der Waals surface area contributed by atoms with Gasteiger partial charge in [-0.05, 0) is 215 Å². The largest absolute Gasteiger partial charge is 0.508 e. The van der Waals surface area contributed by atoms with Crippen molar-refractivity contribution in [2.45, 2.75) is 225 Å². The van der Waals surface area contributed by atoms with Gasteiger partial charge in [-0.1, -0.05) is 98.0 Å². The van der Waals surface area contributed by atoms with Gasteiger partial charge in [0.15, 0.2) is 5.71 Å². The summed E-state index contributed by atoms with van der Waals surface area (Å²) in [5, 5.41) is 75.7. The lowest BCUT2D eigenvalue weighted by Gasteiger charge is -2.31. The molecule has 1 aliphatic carbocycles. The van der Waals surface area contributed by atoms with Crippen LogP contribution in [0.3, 0.4) is 0 Å². The van der Waals surface area contributed by atoms with Crippen LogP contribution in [-0.2, 0) is 134 Å². The highest BCUT2D eigenvalue weighted by molar-refractivity contribution is 7.91. The number of fused-ring (bicyclic) bond motifs is 2. The molecule has 0 saturated heterocycles. The van der Waals surface area contributed by atoms with E-state index in [9.17, 15) is 119 Å². The number of aromatic nitrogens is 5. The second kappa shape index (κ2) is 49.8. The van der Waals surface area contributed by atoms with Gasteiger partial charge >= 0.3 is 11.9 Å². The molecule has 6 amide bonds. The summed E-state index contributed by atoms with van der Waals surface area (Å²) in [7, 11) is -21.9. The summed E-state index contributed by atoms with van der Waals surface area (Å²) < 4.78 is 174. The summed E-state index contributed by atoms with van der Waals surface area (Å²) >= 11 is 0.593. The Bertz CT molecular complexity index is 6480. The van der Waals surface area contributed by atoms with Crippen molar-refractivity contribution in [3.05, 3.63) is 196 Å². The minimum absolute atomic E-state index is 0.00114. The van der Waals surface area contributed by atoms with E-state index in [-0.39, 0.29) is 143 Å². The molecule has 0 radical (unpaired) electrons. The fourth-order valence-corrected chi connectivity index (χ4v) is 20.7. The van der Waals surface area contributed by atoms with Gasteiger partial charge in [-0.2, -0.15) is 38.2 Å². The maximum atomic E-state index is 13.9. The second-order valence-electron chi connectivity index (χ2n) is 36.0. The molecule has 3 atom stereocenters. The second-order valence-corrected chi connectivity index (χ2v) is 44.7. The quantitative estimate of drug-likeness (QED) is 0.00739. The first kappa shape index (κ1) is 112. The number of primary sulfonamides is 1. The van der Waals surface area contributed by atoms with Crippen LogP contribution in [-0.4, -0.2) is 246 Å². The fraction of sp³-hybridized carbons (Fsp3) is 0.457. The third-order valence-corrected chi connectivity index (χ3v) is 30.1. The van der Waals surface area contributed by atoms with Crippen LogP contribution in [0.5, 0.6) is 11.5 Å². The Hall–Kier alpha value is -11.9. The SMILES string of the molecule is CC1(C)C(/C=C/C2=C(c3ccc(CCCCC(=O)NCCOCCOCCNC(=O)[C@H](CCCCn4cc(CCCC(=O)Nc5nnc(S(N)(=O)=O)s5)nn4)NC(=O)CC(NC(=O)CC(NC(=O)CCC(C)(c4ccc(O)cc4)c4ccc(O)cc4)C(=O)O)C(=O)O)cc3)C(=C/C=C3/N(CCCCS(=O)(=O)O)c4ccc(S(=O)(=O)O)cc4C3(C)C)/CCC2)=[N+](CCCCS(=O)(=O)O)c2ccc(S(=O)(=O)O)cc21. The molecule has 3 aliphatic rings. The molecule has 2 aromatic heterocycles. The molecule has 5 aromatic carbocycles. The van der Waals surface area contributed by atoms with Crippen LogP contribution >= 0.6 is 11.3 Å². The molecule has 2 unspecified atom stereocenters. The first-order chi connectivity index (χ1) is 66.9. The first-order valence-electron chi connectivity index (χ1n) is 46.0. The number of nitrogens with one attached hydrogen (secondary N) is 6. The number of allylic oxidation sites excluding steroid dienone is 8. The van der Waals surface area contributed by atoms with Gasteiger partial charge in [-0.15, -0.1) is 15.3 Å². The molecule has 42 nitrogen and oxygen atoms in total. The number of benzene rings is 5. The lowest BCUT2D eigenvalue weighted by Crippen LogP contribution is -2.51. The van der Waals surface area contributed by atoms with Crippen LogP contribution in [0.2, 0.25) is 0 Å². The number of ether oxygens (including phenoxy) is 2. The van der Waals surface area contributed by atoms with Gasteiger partial charge < -0.3 is 66.7 Å². The van der Waals surface area contributed by atoms with Crippen molar-refractivity contribution in [3.63, 3.8) is 0 Å². The van der Waals surface area contributed by atoms with Gasteiger partial charge in [0, 0.05) is 98.0 Å². The van der Waals surface area contributed by atoms with Crippen molar-refractivity contribution in [1.29, 1.82) is 0 Å². The number of phenolic OH excluding ortho intramolecular Hbond substituents is 2. The Labute approximate surface area is 827 Å². The van der Waals surface area contributed by atoms with E-state index in [2.05, 4.69) is 52.4 Å². The van der Waals surface area contributed by atoms with Crippen LogP contribution in [0.15, 0.2) is 171 Å². The number of carboxylic acids is 2. The zero-order chi connectivity index (χ0) is 104. The van der Waals surface area contributed by atoms with E-state index >= 15 is 0 Å². The van der Waals surface area contributed by atoms with Crippen LogP contribution in [0, 0.1) is 0 Å². The molecule has 142 heavy (non-hydrogen) atoms. The predicted molar refractivity (Wildman–Crippen MR) is 524 cm³/mol. The number of carboxylic acid groups (broad SMARTS) is 2. The zero-order valence-corrected chi connectivity index (χ0v) is 83.9. The molecule has 10 rings (SSSR count). The molecule has 4 heterocycles. The maximum absolute atomic E-state index is 13.9. The number of hydrogen-bond donors (Lipinski definition) is 15. The average Bonchev–Trinajstić information content (AvgIpc) is 1.59. The molecule has 48 heteroatoms. The number of amides is 6. The lowest BCUT2D eigenvalue weighted by molar-refractivity contribution is -0.438. The van der Waals surface area contributed by atoms with Gasteiger partial charge in [0.2, 0.25) is 50.6 Å². The number of rotatable bonds is 56. The molecule has 0 bridgehead atoms. The van der Waals surface area contributed by atoms with Gasteiger partial charge in [0.25, 0.3) is 50.5 Å². The van der Waals surface area contributed by atoms with E-state index < -0.39 is 155 Å². The van der Waals surface area contributed by atoms with E-state index in [1.807, 2.05) is 92.7 Å². The van der Waals surface area contributed by atoms with Crippen LogP contribution in [0.1, 0.15) is 196 Å². The number of aryl methyl sites for hydroxylation is 3. The zero-order valence-electron chi connectivity index (χ0n) is 79.0. The minimum Gasteiger partial charge on any atom is -0.508 e. The van der Waals surface area contributed by atoms with Crippen molar-refractivity contribution < 1.29 is 133 Å². The summed E-state index contributed by atoms with van der Waals surface area (Å²) in [5.74, 6) is -8.58. The molecule has 2 aliphatic heterocycles. The predicted octanol–water partition coefficient (Wildman–Crippen LogP) is 8.20. The third kappa shape index (κ3) is 32.8. The van der Waals surface area contributed by atoms with Crippen molar-refractivity contribution in [3.8, 4) is 11.5 Å². The number of sulfonamides is 1. The Kier molecular flexibility index (Phi) is 39.3. The van der Waals surface area contributed by atoms with Crippen molar-refractivity contribution in [2.24, 2.45) is 5.14 Å². The molecule has 7 aromatic rings. The highest BCUT2D eigenvalue weighted by Crippen LogP contribution is 2.50. The first-order valence-corrected chi connectivity index (χ1v) is 54.5. The highest BCUT2D eigenvalue weighted by atomic mass is 32.3. The molecule has 0 saturated carbocycles. The molecule has 0 spiro atoms. The number of aliphatic carboxylic acids is 2. The number of aromatic hydroxyl groups is 2. The lowest BCUT2D eigenvalue weighted by atomic mass is 9.73. The summed E-state index contributed by atoms with van der Waals surface area (Å²) in [6.07, 6.45) is 13.6. The summed E-state index contributed by atoms with van der Waals surface area (Å²) in [6, 6.07) is 24.0. The number of phenols is 2. The molecule has 770 valence electrons. The topological polar surface area (TPSA) is 649 Å². The third-order valence-electron chi connectivity index (χ3n) is 24.7. The minimum atomic E-state index is -4.63. The Morgan fingerprint density at radius 1 is 0.570 bits per heavy atom. The Morgan fingerprint density at radius 2 is 1.14 bits per heavy atom. The average molecular weight is 2090 g/mol. The van der Waals surface area contributed by atoms with Crippen LogP contribution < -0.4 is 41.9 Å². The van der Waals surface area contributed by atoms with E-state index in [4.69, 9.17) is 14.6 Å². The number of carbonyl (C=O) groups is 8. The molecule has 0 fully saturated rings. The van der Waals surface area contributed by atoms with Crippen LogP contribution in [0.4, 0.5) is 16.5 Å². The normalized spacial score (nSPS) is 15.6. The van der Waals surface area contributed by atoms with E-state index in [1.165, 1.54) is 53.2 Å². The summed E-state index contributed by atoms with van der Waals surface area (Å²) in [6.45, 7) is 10.7. The number of nitrogens with two attached hydrogens (primary N) is 1. The van der Waals surface area contributed by atoms with E-state index in [0.29, 0.717) is 121 Å². The highest BCUT2D eigenvalue weighted by Gasteiger charge is 2.46. The van der Waals surface area contributed by atoms with E-state index in [0.717, 1.165) is 39.3 Å². The Balaban J connectivity index is 0.723. The van der Waals surface area contributed by atoms with Gasteiger partial charge in [0.05, 0.1) is 71.7 Å². The monoisotopic (exact) mass is 2090 g/mol. The number of hydrogen-bond acceptors (Lipinski definition) is 28. The van der Waals surface area contributed by atoms with Crippen molar-refractivity contribution in [2.75, 3.05) is 74.3 Å². The maximum Gasteiger partial charge on any atom is 0.326 e. The number of nitrogens with zero attached hydrogens (tertiary/aromatic N) is 7. The number of unbranched alkanes of at least 4 members (excludes halogenated alkanes) is 4. The van der Waals surface area contributed by atoms with E-state index in [1.54, 1.807) is 42.6 Å².